The maximum Gasteiger partial charge on any atom is 0.160 e. The van der Waals surface area contributed by atoms with E-state index in [2.05, 4.69) is 9.97 Å². The number of fused-ring (bicyclic) bond motifs is 1. The molecule has 0 saturated carbocycles. The van der Waals surface area contributed by atoms with Crippen molar-refractivity contribution in [2.45, 2.75) is 25.8 Å². The highest BCUT2D eigenvalue weighted by molar-refractivity contribution is 7.91. The van der Waals surface area contributed by atoms with E-state index in [1.165, 1.54) is 6.20 Å². The maximum absolute atomic E-state index is 11.7. The van der Waals surface area contributed by atoms with Crippen LogP contribution in [0.3, 0.4) is 0 Å². The van der Waals surface area contributed by atoms with E-state index in [4.69, 9.17) is 23.2 Å². The van der Waals surface area contributed by atoms with Crippen LogP contribution in [0.15, 0.2) is 12.3 Å². The van der Waals surface area contributed by atoms with Crippen molar-refractivity contribution < 1.29 is 8.42 Å². The molecule has 2 heterocycles. The van der Waals surface area contributed by atoms with Gasteiger partial charge < -0.3 is 4.57 Å². The molecule has 0 spiro atoms. The number of aryl methyl sites for hydroxylation is 1. The van der Waals surface area contributed by atoms with E-state index < -0.39 is 9.84 Å². The molecular weight excluding hydrogens is 321 g/mol. The Morgan fingerprint density at radius 3 is 2.75 bits per heavy atom. The normalized spacial score (nSPS) is 13.8. The molecule has 0 saturated heterocycles. The van der Waals surface area contributed by atoms with Crippen molar-refractivity contribution in [2.24, 2.45) is 0 Å². The van der Waals surface area contributed by atoms with E-state index >= 15 is 0 Å². The zero-order valence-electron chi connectivity index (χ0n) is 11.2. The van der Waals surface area contributed by atoms with Gasteiger partial charge in [0.1, 0.15) is 11.3 Å². The van der Waals surface area contributed by atoms with Crippen molar-refractivity contribution in [3.8, 4) is 0 Å². The topological polar surface area (TPSA) is 64.8 Å². The Kier molecular flexibility index (Phi) is 4.56. The van der Waals surface area contributed by atoms with E-state index in [-0.39, 0.29) is 23.4 Å². The highest BCUT2D eigenvalue weighted by Gasteiger charge is 2.18. The third-order valence-electron chi connectivity index (χ3n) is 3.00. The summed E-state index contributed by atoms with van der Waals surface area (Å²) < 4.78 is 25.1. The summed E-state index contributed by atoms with van der Waals surface area (Å²) in [6.45, 7) is 3.70. The molecule has 0 N–H and O–H groups in total. The Bertz CT molecular complexity index is 726. The molecule has 0 aliphatic rings. The highest BCUT2D eigenvalue weighted by Crippen LogP contribution is 2.25. The van der Waals surface area contributed by atoms with Gasteiger partial charge in [0.2, 0.25) is 0 Å². The summed E-state index contributed by atoms with van der Waals surface area (Å²) in [5.41, 5.74) is 1.22. The molecule has 0 aromatic carbocycles. The Labute approximate surface area is 127 Å². The second-order valence-electron chi connectivity index (χ2n) is 4.47. The Hall–Kier alpha value is -0.850. The fraction of sp³-hybridized carbons (Fsp3) is 0.500. The molecule has 0 aliphatic carbocycles. The molecule has 8 heteroatoms. The third-order valence-corrected chi connectivity index (χ3v) is 5.09. The molecule has 20 heavy (non-hydrogen) atoms. The zero-order valence-corrected chi connectivity index (χ0v) is 13.5. The summed E-state index contributed by atoms with van der Waals surface area (Å²) in [5.74, 6) is 0.753. The lowest BCUT2D eigenvalue weighted by Crippen LogP contribution is -2.16. The van der Waals surface area contributed by atoms with Crippen molar-refractivity contribution >= 4 is 44.2 Å². The van der Waals surface area contributed by atoms with E-state index in [0.29, 0.717) is 22.0 Å². The summed E-state index contributed by atoms with van der Waals surface area (Å²) in [7, 11) is -3.06. The van der Waals surface area contributed by atoms with Gasteiger partial charge in [0.15, 0.2) is 15.5 Å². The van der Waals surface area contributed by atoms with Crippen molar-refractivity contribution in [1.29, 1.82) is 0 Å². The molecule has 2 aromatic rings. The number of hydrogen-bond acceptors (Lipinski definition) is 4. The Morgan fingerprint density at radius 1 is 1.45 bits per heavy atom. The molecule has 1 unspecified atom stereocenters. The van der Waals surface area contributed by atoms with Crippen molar-refractivity contribution in [1.82, 2.24) is 14.5 Å². The zero-order chi connectivity index (χ0) is 14.9. The average molecular weight is 336 g/mol. The molecule has 0 aliphatic heterocycles. The lowest BCUT2D eigenvalue weighted by molar-refractivity contribution is 0.588. The number of pyridine rings is 1. The van der Waals surface area contributed by atoms with Crippen LogP contribution in [0.5, 0.6) is 0 Å². The largest absolute Gasteiger partial charge is 0.310 e. The fourth-order valence-electron chi connectivity index (χ4n) is 1.90. The highest BCUT2D eigenvalue weighted by atomic mass is 35.5. The van der Waals surface area contributed by atoms with Crippen LogP contribution in [0, 0.1) is 0 Å². The van der Waals surface area contributed by atoms with Crippen LogP contribution >= 0.6 is 23.2 Å². The summed E-state index contributed by atoms with van der Waals surface area (Å²) in [5, 5.41) is 0.143. The Balaban J connectivity index is 2.46. The van der Waals surface area contributed by atoms with Crippen molar-refractivity contribution in [2.75, 3.05) is 11.5 Å². The first kappa shape index (κ1) is 15.5. The monoisotopic (exact) mass is 335 g/mol. The minimum Gasteiger partial charge on any atom is -0.310 e. The molecule has 2 aromatic heterocycles. The van der Waals surface area contributed by atoms with Crippen molar-refractivity contribution in [3.63, 3.8) is 0 Å². The second kappa shape index (κ2) is 5.87. The van der Waals surface area contributed by atoms with Gasteiger partial charge in [0.05, 0.1) is 16.2 Å². The molecule has 0 fully saturated rings. The van der Waals surface area contributed by atoms with Crippen LogP contribution in [0.25, 0.3) is 11.2 Å². The minimum atomic E-state index is -3.06. The average Bonchev–Trinajstić information content (AvgIpc) is 2.74. The minimum absolute atomic E-state index is 0.0376. The standard InChI is InChI=1S/C12H15Cl2N3O2S/c1-3-20(18,19)5-4-17-11(8(2)13)16-10-6-9(14)7-15-12(10)17/h6-8H,3-5H2,1-2H3. The van der Waals surface area contributed by atoms with Crippen LogP contribution < -0.4 is 0 Å². The summed E-state index contributed by atoms with van der Waals surface area (Å²) >= 11 is 12.0. The molecule has 1 atom stereocenters. The predicted molar refractivity (Wildman–Crippen MR) is 81.1 cm³/mol. The van der Waals surface area contributed by atoms with Crippen molar-refractivity contribution in [3.05, 3.63) is 23.1 Å². The van der Waals surface area contributed by atoms with Crippen LogP contribution in [-0.2, 0) is 16.4 Å². The SMILES string of the molecule is CCS(=O)(=O)CCn1c(C(C)Cl)nc2cc(Cl)cnc21. The summed E-state index contributed by atoms with van der Waals surface area (Å²) in [6.07, 6.45) is 1.51. The molecule has 0 bridgehead atoms. The van der Waals surface area contributed by atoms with Gasteiger partial charge in [-0.3, -0.25) is 0 Å². The summed E-state index contributed by atoms with van der Waals surface area (Å²) in [4.78, 5) is 8.61. The van der Waals surface area contributed by atoms with Crippen LogP contribution in [0.4, 0.5) is 0 Å². The molecular formula is C12H15Cl2N3O2S. The molecule has 110 valence electrons. The van der Waals surface area contributed by atoms with Gasteiger partial charge >= 0.3 is 0 Å². The first-order valence-corrected chi connectivity index (χ1v) is 8.84. The lowest BCUT2D eigenvalue weighted by Gasteiger charge is -2.09. The Morgan fingerprint density at radius 2 is 2.15 bits per heavy atom. The van der Waals surface area contributed by atoms with Gasteiger partial charge in [-0.2, -0.15) is 0 Å². The van der Waals surface area contributed by atoms with E-state index in [1.54, 1.807) is 24.5 Å². The van der Waals surface area contributed by atoms with Gasteiger partial charge in [0.25, 0.3) is 0 Å². The smallest absolute Gasteiger partial charge is 0.160 e. The molecule has 0 amide bonds. The molecule has 0 radical (unpaired) electrons. The number of alkyl halides is 1. The van der Waals surface area contributed by atoms with Gasteiger partial charge in [-0.1, -0.05) is 18.5 Å². The van der Waals surface area contributed by atoms with Crippen LogP contribution in [0.1, 0.15) is 25.0 Å². The number of aromatic nitrogens is 3. The quantitative estimate of drug-likeness (QED) is 0.788. The lowest BCUT2D eigenvalue weighted by atomic mass is 10.4. The van der Waals surface area contributed by atoms with Crippen LogP contribution in [0.2, 0.25) is 5.02 Å². The third kappa shape index (κ3) is 3.24. The number of hydrogen-bond donors (Lipinski definition) is 0. The first-order valence-electron chi connectivity index (χ1n) is 6.20. The number of imidazole rings is 1. The second-order valence-corrected chi connectivity index (χ2v) is 8.03. The van der Waals surface area contributed by atoms with Gasteiger partial charge in [-0.05, 0) is 13.0 Å². The number of sulfone groups is 1. The number of nitrogens with zero attached hydrogens (tertiary/aromatic N) is 3. The number of halogens is 2. The van der Waals surface area contributed by atoms with Crippen LogP contribution in [-0.4, -0.2) is 34.5 Å². The van der Waals surface area contributed by atoms with Gasteiger partial charge in [-0.15, -0.1) is 11.6 Å². The van der Waals surface area contributed by atoms with E-state index in [1.807, 2.05) is 0 Å². The molecule has 2 rings (SSSR count). The fourth-order valence-corrected chi connectivity index (χ4v) is 2.97. The van der Waals surface area contributed by atoms with Gasteiger partial charge in [0, 0.05) is 18.5 Å². The molecule has 5 nitrogen and oxygen atoms in total. The van der Waals surface area contributed by atoms with E-state index in [9.17, 15) is 8.42 Å². The summed E-state index contributed by atoms with van der Waals surface area (Å²) in [6, 6.07) is 1.69. The maximum atomic E-state index is 11.7. The predicted octanol–water partition coefficient (Wildman–Crippen LogP) is 2.82. The first-order chi connectivity index (χ1) is 9.34. The number of rotatable bonds is 5. The van der Waals surface area contributed by atoms with E-state index in [0.717, 1.165) is 0 Å². The van der Waals surface area contributed by atoms with Gasteiger partial charge in [-0.25, -0.2) is 18.4 Å².